The molecule has 10 heteroatoms. The lowest BCUT2D eigenvalue weighted by molar-refractivity contribution is 0.105. The van der Waals surface area contributed by atoms with Crippen molar-refractivity contribution in [3.8, 4) is 0 Å². The number of aromatic nitrogens is 2. The smallest absolute Gasteiger partial charge is 0.319 e. The molecule has 8 nitrogen and oxygen atoms in total. The highest BCUT2D eigenvalue weighted by Gasteiger charge is 2.34. The fourth-order valence-corrected chi connectivity index (χ4v) is 6.40. The quantitative estimate of drug-likeness (QED) is 0.621. The largest absolute Gasteiger partial charge is 0.324 e. The molecule has 2 amide bonds. The number of sulfonamides is 1. The van der Waals surface area contributed by atoms with Gasteiger partial charge in [-0.3, -0.25) is 5.32 Å². The number of hydrogen-bond acceptors (Lipinski definition) is 6. The summed E-state index contributed by atoms with van der Waals surface area (Å²) in [7, 11) is -3.67. The Morgan fingerprint density at radius 2 is 1.72 bits per heavy atom. The molecule has 1 aromatic rings. The predicted octanol–water partition coefficient (Wildman–Crippen LogP) is 3.97. The number of rotatable bonds is 7. The molecule has 1 heterocycles. The normalized spacial score (nSPS) is 23.7. The van der Waals surface area contributed by atoms with Crippen LogP contribution in [0.4, 0.5) is 9.93 Å². The third kappa shape index (κ3) is 5.88. The van der Waals surface area contributed by atoms with Gasteiger partial charge in [0.15, 0.2) is 0 Å². The summed E-state index contributed by atoms with van der Waals surface area (Å²) in [5, 5.41) is 10.7. The minimum Gasteiger partial charge on any atom is -0.319 e. The number of urea groups is 1. The molecular formula is C19H33N5O3S2. The van der Waals surface area contributed by atoms with Gasteiger partial charge in [-0.05, 0) is 50.9 Å². The molecule has 0 aliphatic heterocycles. The summed E-state index contributed by atoms with van der Waals surface area (Å²) in [6, 6.07) is 0.333. The second-order valence-electron chi connectivity index (χ2n) is 8.31. The third-order valence-electron chi connectivity index (χ3n) is 5.97. The van der Waals surface area contributed by atoms with Crippen molar-refractivity contribution < 1.29 is 13.2 Å². The topological polar surface area (TPSA) is 104 Å². The highest BCUT2D eigenvalue weighted by Crippen LogP contribution is 2.33. The molecule has 0 spiro atoms. The summed E-state index contributed by atoms with van der Waals surface area (Å²) in [6.45, 7) is 4.51. The molecule has 2 aliphatic rings. The van der Waals surface area contributed by atoms with Crippen molar-refractivity contribution in [3.05, 3.63) is 0 Å². The summed E-state index contributed by atoms with van der Waals surface area (Å²) in [6.07, 6.45) is 10.7. The summed E-state index contributed by atoms with van der Waals surface area (Å²) in [5.74, 6) is 0.717. The summed E-state index contributed by atoms with van der Waals surface area (Å²) in [4.78, 5) is 15.2. The van der Waals surface area contributed by atoms with Crippen LogP contribution in [0.15, 0.2) is 4.34 Å². The van der Waals surface area contributed by atoms with E-state index in [4.69, 9.17) is 0 Å². The predicted molar refractivity (Wildman–Crippen MR) is 115 cm³/mol. The zero-order valence-electron chi connectivity index (χ0n) is 17.4. The van der Waals surface area contributed by atoms with Crippen LogP contribution in [-0.4, -0.2) is 48.2 Å². The molecule has 3 rings (SSSR count). The van der Waals surface area contributed by atoms with Crippen LogP contribution in [0.5, 0.6) is 0 Å². The number of hydrogen-bond donors (Lipinski definition) is 2. The first-order valence-corrected chi connectivity index (χ1v) is 13.1. The number of nitrogens with one attached hydrogen (secondary N) is 2. The van der Waals surface area contributed by atoms with E-state index in [9.17, 15) is 13.2 Å². The SMILES string of the molecule is CCCNS(=O)(=O)c1nnc(NC(=O)N(C2CCCCC2)C2CCC(C)CC2)s1. The first-order valence-electron chi connectivity index (χ1n) is 10.8. The molecule has 0 aromatic carbocycles. The van der Waals surface area contributed by atoms with Gasteiger partial charge in [0.2, 0.25) is 9.47 Å². The van der Waals surface area contributed by atoms with Gasteiger partial charge >= 0.3 is 6.03 Å². The molecule has 2 fully saturated rings. The lowest BCUT2D eigenvalue weighted by Gasteiger charge is -2.42. The van der Waals surface area contributed by atoms with E-state index in [0.29, 0.717) is 18.9 Å². The van der Waals surface area contributed by atoms with Crippen molar-refractivity contribution in [1.29, 1.82) is 0 Å². The number of carbonyl (C=O) groups is 1. The van der Waals surface area contributed by atoms with Gasteiger partial charge in [-0.1, -0.05) is 44.4 Å². The summed E-state index contributed by atoms with van der Waals surface area (Å²) in [5.41, 5.74) is 0. The molecule has 2 saturated carbocycles. The average Bonchev–Trinajstić information content (AvgIpc) is 3.18. The third-order valence-corrected chi connectivity index (χ3v) is 8.64. The molecule has 2 N–H and O–H groups in total. The van der Waals surface area contributed by atoms with Gasteiger partial charge in [-0.2, -0.15) is 0 Å². The standard InChI is InChI=1S/C19H33N5O3S2/c1-3-13-20-29(26,27)19-23-22-17(28-19)21-18(25)24(15-7-5-4-6-8-15)16-11-9-14(2)10-12-16/h14-16,20H,3-13H2,1-2H3,(H,21,22,25). The van der Waals surface area contributed by atoms with Gasteiger partial charge in [-0.15, -0.1) is 10.2 Å². The number of amides is 2. The maximum atomic E-state index is 13.2. The maximum Gasteiger partial charge on any atom is 0.324 e. The van der Waals surface area contributed by atoms with Crippen LogP contribution >= 0.6 is 11.3 Å². The minimum atomic E-state index is -3.67. The molecule has 0 bridgehead atoms. The fraction of sp³-hybridized carbons (Fsp3) is 0.842. The Hall–Kier alpha value is -1.26. The lowest BCUT2D eigenvalue weighted by Crippen LogP contribution is -2.51. The van der Waals surface area contributed by atoms with E-state index in [1.807, 2.05) is 11.8 Å². The van der Waals surface area contributed by atoms with Crippen LogP contribution in [0.2, 0.25) is 0 Å². The van der Waals surface area contributed by atoms with Crippen LogP contribution in [0.1, 0.15) is 78.1 Å². The molecule has 0 atom stereocenters. The van der Waals surface area contributed by atoms with E-state index in [0.717, 1.165) is 62.7 Å². The van der Waals surface area contributed by atoms with Crippen molar-refractivity contribution >= 4 is 32.5 Å². The van der Waals surface area contributed by atoms with Crippen molar-refractivity contribution in [3.63, 3.8) is 0 Å². The van der Waals surface area contributed by atoms with Crippen molar-refractivity contribution in [2.24, 2.45) is 5.92 Å². The van der Waals surface area contributed by atoms with Crippen LogP contribution in [0.3, 0.4) is 0 Å². The Morgan fingerprint density at radius 1 is 1.07 bits per heavy atom. The Bertz CT molecular complexity index is 769. The van der Waals surface area contributed by atoms with Crippen LogP contribution in [0.25, 0.3) is 0 Å². The van der Waals surface area contributed by atoms with Crippen LogP contribution in [-0.2, 0) is 10.0 Å². The van der Waals surface area contributed by atoms with Crippen molar-refractivity contribution in [2.75, 3.05) is 11.9 Å². The van der Waals surface area contributed by atoms with E-state index in [1.54, 1.807) is 0 Å². The minimum absolute atomic E-state index is 0.114. The highest BCUT2D eigenvalue weighted by atomic mass is 32.2. The molecular weight excluding hydrogens is 410 g/mol. The van der Waals surface area contributed by atoms with Gasteiger partial charge in [0.25, 0.3) is 10.0 Å². The molecule has 0 radical (unpaired) electrons. The summed E-state index contributed by atoms with van der Waals surface area (Å²) >= 11 is 0.898. The second-order valence-corrected chi connectivity index (χ2v) is 11.2. The summed E-state index contributed by atoms with van der Waals surface area (Å²) < 4.78 is 26.8. The maximum absolute atomic E-state index is 13.2. The molecule has 0 saturated heterocycles. The van der Waals surface area contributed by atoms with Gasteiger partial charge in [0.1, 0.15) is 0 Å². The lowest BCUT2D eigenvalue weighted by atomic mass is 9.84. The van der Waals surface area contributed by atoms with Gasteiger partial charge in [0.05, 0.1) is 0 Å². The molecule has 2 aliphatic carbocycles. The van der Waals surface area contributed by atoms with E-state index in [1.165, 1.54) is 6.42 Å². The Kier molecular flexibility index (Phi) is 7.86. The van der Waals surface area contributed by atoms with E-state index in [-0.39, 0.29) is 27.6 Å². The van der Waals surface area contributed by atoms with Crippen molar-refractivity contribution in [1.82, 2.24) is 19.8 Å². The zero-order valence-corrected chi connectivity index (χ0v) is 19.0. The Balaban J connectivity index is 1.71. The van der Waals surface area contributed by atoms with Crippen molar-refractivity contribution in [2.45, 2.75) is 94.5 Å². The van der Waals surface area contributed by atoms with E-state index < -0.39 is 10.0 Å². The highest BCUT2D eigenvalue weighted by molar-refractivity contribution is 7.91. The first-order chi connectivity index (χ1) is 13.9. The molecule has 164 valence electrons. The molecule has 0 unspecified atom stereocenters. The second kappa shape index (κ2) is 10.2. The average molecular weight is 444 g/mol. The van der Waals surface area contributed by atoms with Gasteiger partial charge in [0, 0.05) is 18.6 Å². The van der Waals surface area contributed by atoms with Gasteiger partial charge < -0.3 is 4.90 Å². The monoisotopic (exact) mass is 443 g/mol. The number of nitrogens with zero attached hydrogens (tertiary/aromatic N) is 3. The van der Waals surface area contributed by atoms with E-state index in [2.05, 4.69) is 27.2 Å². The zero-order chi connectivity index (χ0) is 20.9. The van der Waals surface area contributed by atoms with E-state index >= 15 is 0 Å². The van der Waals surface area contributed by atoms with Crippen LogP contribution in [0, 0.1) is 5.92 Å². The number of carbonyl (C=O) groups excluding carboxylic acids is 1. The van der Waals surface area contributed by atoms with Crippen LogP contribution < -0.4 is 10.0 Å². The van der Waals surface area contributed by atoms with Gasteiger partial charge in [-0.25, -0.2) is 17.9 Å². The Labute approximate surface area is 177 Å². The molecule has 29 heavy (non-hydrogen) atoms. The number of anilines is 1. The fourth-order valence-electron chi connectivity index (χ4n) is 4.33. The Morgan fingerprint density at radius 3 is 2.38 bits per heavy atom. The first kappa shape index (κ1) is 22.4. The molecule has 1 aromatic heterocycles.